The summed E-state index contributed by atoms with van der Waals surface area (Å²) >= 11 is 1.67. The largest absolute Gasteiger partial charge is 0.376 e. The molecule has 0 saturated carbocycles. The van der Waals surface area contributed by atoms with Gasteiger partial charge in [-0.1, -0.05) is 6.92 Å². The third-order valence-corrected chi connectivity index (χ3v) is 3.43. The number of hydrogen-bond acceptors (Lipinski definition) is 5. The Hall–Kier alpha value is -1.76. The molecule has 0 spiro atoms. The van der Waals surface area contributed by atoms with Crippen LogP contribution < -0.4 is 11.1 Å². The Balaban J connectivity index is 3.06. The van der Waals surface area contributed by atoms with Crippen LogP contribution in [0.2, 0.25) is 0 Å². The van der Waals surface area contributed by atoms with E-state index >= 15 is 0 Å². The quantitative estimate of drug-likeness (QED) is 0.590. The molecule has 19 heavy (non-hydrogen) atoms. The first kappa shape index (κ1) is 15.3. The molecule has 0 aromatic heterocycles. The molecule has 7 heteroatoms. The van der Waals surface area contributed by atoms with Crippen LogP contribution in [0.4, 0.5) is 11.4 Å². The van der Waals surface area contributed by atoms with Gasteiger partial charge in [-0.3, -0.25) is 14.9 Å². The number of nitro groups is 1. The first-order chi connectivity index (χ1) is 8.99. The number of primary amides is 1. The number of amides is 1. The van der Waals surface area contributed by atoms with E-state index in [0.717, 1.165) is 12.2 Å². The molecule has 1 rings (SSSR count). The maximum absolute atomic E-state index is 11.0. The van der Waals surface area contributed by atoms with Crippen molar-refractivity contribution in [3.8, 4) is 0 Å². The van der Waals surface area contributed by atoms with E-state index in [1.54, 1.807) is 11.8 Å². The Morgan fingerprint density at radius 3 is 2.74 bits per heavy atom. The summed E-state index contributed by atoms with van der Waals surface area (Å²) in [5.41, 5.74) is 5.54. The highest BCUT2D eigenvalue weighted by Gasteiger charge is 2.18. The van der Waals surface area contributed by atoms with Crippen molar-refractivity contribution in [2.24, 2.45) is 5.73 Å². The Kier molecular flexibility index (Phi) is 5.62. The lowest BCUT2D eigenvalue weighted by molar-refractivity contribution is -0.384. The molecule has 1 atom stereocenters. The summed E-state index contributed by atoms with van der Waals surface area (Å²) in [6.45, 7) is 2.01. The van der Waals surface area contributed by atoms with Gasteiger partial charge in [-0.25, -0.2) is 0 Å². The van der Waals surface area contributed by atoms with Crippen LogP contribution in [0.5, 0.6) is 0 Å². The highest BCUT2D eigenvalue weighted by molar-refractivity contribution is 7.98. The topological polar surface area (TPSA) is 98.3 Å². The van der Waals surface area contributed by atoms with Gasteiger partial charge in [0.25, 0.3) is 5.69 Å². The van der Waals surface area contributed by atoms with Crippen LogP contribution in [0.3, 0.4) is 0 Å². The summed E-state index contributed by atoms with van der Waals surface area (Å²) in [4.78, 5) is 21.6. The van der Waals surface area contributed by atoms with Gasteiger partial charge in [-0.05, 0) is 24.8 Å². The predicted molar refractivity (Wildman–Crippen MR) is 77.7 cm³/mol. The Bertz CT molecular complexity index is 479. The minimum Gasteiger partial charge on any atom is -0.376 e. The predicted octanol–water partition coefficient (Wildman–Crippen LogP) is 2.25. The first-order valence-electron chi connectivity index (χ1n) is 5.83. The zero-order chi connectivity index (χ0) is 14.4. The number of hydrogen-bond donors (Lipinski definition) is 2. The molecular formula is C12H17N3O3S. The van der Waals surface area contributed by atoms with Gasteiger partial charge < -0.3 is 11.1 Å². The van der Waals surface area contributed by atoms with Crippen molar-refractivity contribution >= 4 is 29.0 Å². The Labute approximate surface area is 115 Å². The molecule has 0 saturated heterocycles. The van der Waals surface area contributed by atoms with E-state index in [4.69, 9.17) is 5.73 Å². The van der Waals surface area contributed by atoms with Crippen LogP contribution >= 0.6 is 11.8 Å². The molecule has 0 heterocycles. The SMILES string of the molecule is CCC(CSC)Nc1ccc(C(N)=O)cc1[N+](=O)[O-]. The van der Waals surface area contributed by atoms with E-state index < -0.39 is 10.8 Å². The number of nitro benzene ring substituents is 1. The molecule has 0 fully saturated rings. The zero-order valence-electron chi connectivity index (χ0n) is 10.9. The van der Waals surface area contributed by atoms with Crippen molar-refractivity contribution in [2.45, 2.75) is 19.4 Å². The van der Waals surface area contributed by atoms with Gasteiger partial charge >= 0.3 is 0 Å². The smallest absolute Gasteiger partial charge is 0.293 e. The number of benzene rings is 1. The number of carbonyl (C=O) groups excluding carboxylic acids is 1. The van der Waals surface area contributed by atoms with Gasteiger partial charge in [0.15, 0.2) is 0 Å². The van der Waals surface area contributed by atoms with Gasteiger partial charge in [-0.15, -0.1) is 0 Å². The average molecular weight is 283 g/mol. The minimum absolute atomic E-state index is 0.129. The number of carbonyl (C=O) groups is 1. The summed E-state index contributed by atoms with van der Waals surface area (Å²) in [6.07, 6.45) is 2.84. The molecule has 6 nitrogen and oxygen atoms in total. The van der Waals surface area contributed by atoms with Crippen molar-refractivity contribution < 1.29 is 9.72 Å². The molecule has 0 bridgehead atoms. The molecule has 0 aliphatic rings. The van der Waals surface area contributed by atoms with E-state index in [2.05, 4.69) is 5.32 Å². The molecule has 0 aliphatic heterocycles. The van der Waals surface area contributed by atoms with Gasteiger partial charge in [0.2, 0.25) is 5.91 Å². The lowest BCUT2D eigenvalue weighted by Crippen LogP contribution is -2.22. The van der Waals surface area contributed by atoms with Crippen molar-refractivity contribution in [1.29, 1.82) is 0 Å². The summed E-state index contributed by atoms with van der Waals surface area (Å²) in [5.74, 6) is 0.177. The first-order valence-corrected chi connectivity index (χ1v) is 7.22. The number of thioether (sulfide) groups is 1. The molecular weight excluding hydrogens is 266 g/mol. The van der Waals surface area contributed by atoms with Crippen LogP contribution in [-0.4, -0.2) is 28.9 Å². The van der Waals surface area contributed by atoms with Crippen LogP contribution in [0, 0.1) is 10.1 Å². The van der Waals surface area contributed by atoms with Crippen LogP contribution in [-0.2, 0) is 0 Å². The molecule has 1 aromatic carbocycles. The molecule has 0 radical (unpaired) electrons. The van der Waals surface area contributed by atoms with E-state index in [0.29, 0.717) is 5.69 Å². The third kappa shape index (κ3) is 4.13. The average Bonchev–Trinajstić information content (AvgIpc) is 2.37. The fourth-order valence-corrected chi connectivity index (χ4v) is 2.36. The Morgan fingerprint density at radius 2 is 2.26 bits per heavy atom. The van der Waals surface area contributed by atoms with Crippen molar-refractivity contribution in [3.63, 3.8) is 0 Å². The van der Waals surface area contributed by atoms with E-state index in [1.165, 1.54) is 18.2 Å². The van der Waals surface area contributed by atoms with Gasteiger partial charge in [0.05, 0.1) is 4.92 Å². The molecule has 1 amide bonds. The monoisotopic (exact) mass is 283 g/mol. The molecule has 104 valence electrons. The van der Waals surface area contributed by atoms with Crippen molar-refractivity contribution in [1.82, 2.24) is 0 Å². The second-order valence-electron chi connectivity index (χ2n) is 4.06. The molecule has 1 aromatic rings. The third-order valence-electron chi connectivity index (χ3n) is 2.70. The molecule has 3 N–H and O–H groups in total. The maximum atomic E-state index is 11.0. The van der Waals surface area contributed by atoms with Crippen molar-refractivity contribution in [2.75, 3.05) is 17.3 Å². The van der Waals surface area contributed by atoms with Crippen LogP contribution in [0.1, 0.15) is 23.7 Å². The number of nitrogens with zero attached hydrogens (tertiary/aromatic N) is 1. The maximum Gasteiger partial charge on any atom is 0.293 e. The normalized spacial score (nSPS) is 11.9. The molecule has 0 aliphatic carbocycles. The fourth-order valence-electron chi connectivity index (χ4n) is 1.64. The van der Waals surface area contributed by atoms with Crippen molar-refractivity contribution in [3.05, 3.63) is 33.9 Å². The second-order valence-corrected chi connectivity index (χ2v) is 4.97. The highest BCUT2D eigenvalue weighted by atomic mass is 32.2. The van der Waals surface area contributed by atoms with Crippen LogP contribution in [0.25, 0.3) is 0 Å². The zero-order valence-corrected chi connectivity index (χ0v) is 11.7. The summed E-state index contributed by atoms with van der Waals surface area (Å²) < 4.78 is 0. The van der Waals surface area contributed by atoms with E-state index in [-0.39, 0.29) is 17.3 Å². The van der Waals surface area contributed by atoms with Gasteiger partial charge in [0.1, 0.15) is 5.69 Å². The fraction of sp³-hybridized carbons (Fsp3) is 0.417. The highest BCUT2D eigenvalue weighted by Crippen LogP contribution is 2.27. The Morgan fingerprint density at radius 1 is 1.58 bits per heavy atom. The minimum atomic E-state index is -0.675. The summed E-state index contributed by atoms with van der Waals surface area (Å²) in [5, 5.41) is 14.2. The number of anilines is 1. The van der Waals surface area contributed by atoms with E-state index in [1.807, 2.05) is 13.2 Å². The number of nitrogens with two attached hydrogens (primary N) is 1. The lowest BCUT2D eigenvalue weighted by atomic mass is 10.1. The number of nitrogens with one attached hydrogen (secondary N) is 1. The van der Waals surface area contributed by atoms with Gasteiger partial charge in [0, 0.05) is 23.4 Å². The molecule has 1 unspecified atom stereocenters. The number of rotatable bonds is 7. The summed E-state index contributed by atoms with van der Waals surface area (Å²) in [7, 11) is 0. The standard InChI is InChI=1S/C12H17N3O3S/c1-3-9(7-19-2)14-10-5-4-8(12(13)16)6-11(10)15(17)18/h4-6,9,14H,3,7H2,1-2H3,(H2,13,16). The van der Waals surface area contributed by atoms with Crippen LogP contribution in [0.15, 0.2) is 18.2 Å². The van der Waals surface area contributed by atoms with Gasteiger partial charge in [-0.2, -0.15) is 11.8 Å². The second kappa shape index (κ2) is 6.98. The lowest BCUT2D eigenvalue weighted by Gasteiger charge is -2.17. The summed E-state index contributed by atoms with van der Waals surface area (Å²) in [6, 6.07) is 4.37. The van der Waals surface area contributed by atoms with E-state index in [9.17, 15) is 14.9 Å².